The van der Waals surface area contributed by atoms with Crippen LogP contribution in [0, 0.1) is 13.8 Å². The van der Waals surface area contributed by atoms with Crippen LogP contribution in [0.5, 0.6) is 0 Å². The predicted octanol–water partition coefficient (Wildman–Crippen LogP) is 3.49. The Labute approximate surface area is 136 Å². The number of rotatable bonds is 5. The first-order chi connectivity index (χ1) is 10.8. The van der Waals surface area contributed by atoms with Gasteiger partial charge in [-0.3, -0.25) is 0 Å². The number of anilines is 1. The molecule has 0 aliphatic carbocycles. The zero-order chi connectivity index (χ0) is 17.0. The van der Waals surface area contributed by atoms with Gasteiger partial charge in [0.25, 0.3) is 0 Å². The molecule has 5 nitrogen and oxygen atoms in total. The molecule has 2 rings (SSSR count). The number of aryl methyl sites for hydroxylation is 3. The lowest BCUT2D eigenvalue weighted by Crippen LogP contribution is -2.40. The van der Waals surface area contributed by atoms with Gasteiger partial charge in [0.1, 0.15) is 17.1 Å². The number of amides is 2. The standard InChI is InChI=1S/C18H24N2O3/c1-5-14-8-6-7-12(2)16(14)20-17(21)19-11-18(4,22)15-10-9-13(3)23-15/h6-10,22H,5,11H2,1-4H3,(H2,19,20,21). The van der Waals surface area contributed by atoms with Crippen molar-refractivity contribution in [3.05, 3.63) is 53.0 Å². The van der Waals surface area contributed by atoms with Gasteiger partial charge in [0, 0.05) is 5.69 Å². The van der Waals surface area contributed by atoms with Crippen molar-refractivity contribution in [2.45, 2.75) is 39.7 Å². The minimum atomic E-state index is -1.26. The van der Waals surface area contributed by atoms with Crippen LogP contribution >= 0.6 is 0 Å². The minimum absolute atomic E-state index is 0.0547. The lowest BCUT2D eigenvalue weighted by Gasteiger charge is -2.22. The maximum atomic E-state index is 12.2. The van der Waals surface area contributed by atoms with Gasteiger partial charge in [-0.1, -0.05) is 25.1 Å². The van der Waals surface area contributed by atoms with E-state index in [0.29, 0.717) is 5.76 Å². The van der Waals surface area contributed by atoms with Crippen LogP contribution in [0.4, 0.5) is 10.5 Å². The number of aliphatic hydroxyl groups is 1. The third-order valence-electron chi connectivity index (χ3n) is 3.84. The number of hydrogen-bond donors (Lipinski definition) is 3. The van der Waals surface area contributed by atoms with Crippen LogP contribution in [-0.2, 0) is 12.0 Å². The van der Waals surface area contributed by atoms with E-state index in [-0.39, 0.29) is 12.6 Å². The second-order valence-corrected chi connectivity index (χ2v) is 5.95. The van der Waals surface area contributed by atoms with Gasteiger partial charge in [-0.05, 0) is 50.5 Å². The van der Waals surface area contributed by atoms with Crippen molar-refractivity contribution >= 4 is 11.7 Å². The Balaban J connectivity index is 2.01. The van der Waals surface area contributed by atoms with Crippen molar-refractivity contribution in [2.24, 2.45) is 0 Å². The molecule has 23 heavy (non-hydrogen) atoms. The van der Waals surface area contributed by atoms with Crippen molar-refractivity contribution in [2.75, 3.05) is 11.9 Å². The number of nitrogens with one attached hydrogen (secondary N) is 2. The topological polar surface area (TPSA) is 74.5 Å². The van der Waals surface area contributed by atoms with Crippen molar-refractivity contribution < 1.29 is 14.3 Å². The summed E-state index contributed by atoms with van der Waals surface area (Å²) in [6.07, 6.45) is 0.834. The van der Waals surface area contributed by atoms with Gasteiger partial charge < -0.3 is 20.2 Å². The van der Waals surface area contributed by atoms with Crippen LogP contribution < -0.4 is 10.6 Å². The molecule has 2 aromatic rings. The van der Waals surface area contributed by atoms with Crippen molar-refractivity contribution in [3.63, 3.8) is 0 Å². The summed E-state index contributed by atoms with van der Waals surface area (Å²) in [6.45, 7) is 7.47. The Hall–Kier alpha value is -2.27. The van der Waals surface area contributed by atoms with Crippen LogP contribution in [0.3, 0.4) is 0 Å². The molecule has 1 aromatic carbocycles. The third-order valence-corrected chi connectivity index (χ3v) is 3.84. The van der Waals surface area contributed by atoms with E-state index in [1.54, 1.807) is 19.1 Å². The molecule has 1 atom stereocenters. The molecule has 0 bridgehead atoms. The van der Waals surface area contributed by atoms with Gasteiger partial charge in [-0.2, -0.15) is 0 Å². The summed E-state index contributed by atoms with van der Waals surface area (Å²) in [5, 5.41) is 16.0. The first-order valence-electron chi connectivity index (χ1n) is 7.76. The van der Waals surface area contributed by atoms with Crippen LogP contribution in [0.2, 0.25) is 0 Å². The molecule has 0 aliphatic heterocycles. The minimum Gasteiger partial charge on any atom is -0.463 e. The molecule has 1 unspecified atom stereocenters. The first-order valence-corrected chi connectivity index (χ1v) is 7.76. The zero-order valence-electron chi connectivity index (χ0n) is 14.1. The van der Waals surface area contributed by atoms with E-state index in [1.807, 2.05) is 39.0 Å². The lowest BCUT2D eigenvalue weighted by molar-refractivity contribution is 0.0364. The van der Waals surface area contributed by atoms with E-state index in [9.17, 15) is 9.90 Å². The molecule has 124 valence electrons. The summed E-state index contributed by atoms with van der Waals surface area (Å²) in [7, 11) is 0. The molecule has 0 saturated carbocycles. The Kier molecular flexibility index (Phi) is 5.11. The molecular weight excluding hydrogens is 292 g/mol. The summed E-state index contributed by atoms with van der Waals surface area (Å²) >= 11 is 0. The number of hydrogen-bond acceptors (Lipinski definition) is 3. The third kappa shape index (κ3) is 4.13. The maximum absolute atomic E-state index is 12.2. The zero-order valence-corrected chi connectivity index (χ0v) is 14.1. The maximum Gasteiger partial charge on any atom is 0.319 e. The van der Waals surface area contributed by atoms with Crippen LogP contribution in [0.25, 0.3) is 0 Å². The molecule has 0 fully saturated rings. The average molecular weight is 316 g/mol. The number of carbonyl (C=O) groups excluding carboxylic acids is 1. The first kappa shape index (κ1) is 17.1. The van der Waals surface area contributed by atoms with E-state index < -0.39 is 5.60 Å². The number of furan rings is 1. The van der Waals surface area contributed by atoms with E-state index in [4.69, 9.17) is 4.42 Å². The van der Waals surface area contributed by atoms with Gasteiger partial charge in [-0.15, -0.1) is 0 Å². The highest BCUT2D eigenvalue weighted by atomic mass is 16.4. The Morgan fingerprint density at radius 1 is 1.26 bits per heavy atom. The van der Waals surface area contributed by atoms with Crippen molar-refractivity contribution in [1.82, 2.24) is 5.32 Å². The van der Waals surface area contributed by atoms with Crippen LogP contribution in [0.15, 0.2) is 34.7 Å². The molecule has 0 saturated heterocycles. The SMILES string of the molecule is CCc1cccc(C)c1NC(=O)NCC(C)(O)c1ccc(C)o1. The second-order valence-electron chi connectivity index (χ2n) is 5.95. The van der Waals surface area contributed by atoms with Gasteiger partial charge in [0.2, 0.25) is 0 Å². The molecule has 1 heterocycles. The van der Waals surface area contributed by atoms with Gasteiger partial charge in [-0.25, -0.2) is 4.79 Å². The van der Waals surface area contributed by atoms with Crippen molar-refractivity contribution in [3.8, 4) is 0 Å². The Morgan fingerprint density at radius 2 is 2.00 bits per heavy atom. The summed E-state index contributed by atoms with van der Waals surface area (Å²) in [5.41, 5.74) is 1.65. The highest BCUT2D eigenvalue weighted by Crippen LogP contribution is 2.23. The summed E-state index contributed by atoms with van der Waals surface area (Å²) in [6, 6.07) is 9.07. The quantitative estimate of drug-likeness (QED) is 0.790. The molecule has 3 N–H and O–H groups in total. The fourth-order valence-electron chi connectivity index (χ4n) is 2.42. The van der Waals surface area contributed by atoms with E-state index >= 15 is 0 Å². The summed E-state index contributed by atoms with van der Waals surface area (Å²) in [4.78, 5) is 12.2. The van der Waals surface area contributed by atoms with E-state index in [0.717, 1.165) is 29.0 Å². The molecule has 1 aromatic heterocycles. The van der Waals surface area contributed by atoms with E-state index in [1.165, 1.54) is 0 Å². The van der Waals surface area contributed by atoms with Gasteiger partial charge in [0.15, 0.2) is 0 Å². The summed E-state index contributed by atoms with van der Waals surface area (Å²) in [5.74, 6) is 1.15. The monoisotopic (exact) mass is 316 g/mol. The number of urea groups is 1. The molecule has 0 radical (unpaired) electrons. The van der Waals surface area contributed by atoms with Gasteiger partial charge in [0.05, 0.1) is 6.54 Å². The van der Waals surface area contributed by atoms with E-state index in [2.05, 4.69) is 10.6 Å². The molecule has 2 amide bonds. The Bertz CT molecular complexity index is 689. The lowest BCUT2D eigenvalue weighted by atomic mass is 10.0. The smallest absolute Gasteiger partial charge is 0.319 e. The largest absolute Gasteiger partial charge is 0.463 e. The molecular formula is C18H24N2O3. The highest BCUT2D eigenvalue weighted by Gasteiger charge is 2.27. The normalized spacial score (nSPS) is 13.4. The van der Waals surface area contributed by atoms with Crippen molar-refractivity contribution in [1.29, 1.82) is 0 Å². The number of benzene rings is 1. The second kappa shape index (κ2) is 6.87. The number of carbonyl (C=O) groups is 1. The number of para-hydroxylation sites is 1. The summed E-state index contributed by atoms with van der Waals surface area (Å²) < 4.78 is 5.43. The van der Waals surface area contributed by atoms with Crippen LogP contribution in [0.1, 0.15) is 36.5 Å². The molecule has 0 aliphatic rings. The predicted molar refractivity (Wildman–Crippen MR) is 90.6 cm³/mol. The molecule has 5 heteroatoms. The molecule has 0 spiro atoms. The highest BCUT2D eigenvalue weighted by molar-refractivity contribution is 5.91. The fourth-order valence-corrected chi connectivity index (χ4v) is 2.42. The van der Waals surface area contributed by atoms with Gasteiger partial charge >= 0.3 is 6.03 Å². The fraction of sp³-hybridized carbons (Fsp3) is 0.389. The Morgan fingerprint density at radius 3 is 2.61 bits per heavy atom. The van der Waals surface area contributed by atoms with Crippen LogP contribution in [-0.4, -0.2) is 17.7 Å². The average Bonchev–Trinajstić information content (AvgIpc) is 2.95.